The third kappa shape index (κ3) is 1.40. The second-order valence-corrected chi connectivity index (χ2v) is 6.47. The molecule has 2 heterocycles. The maximum atomic E-state index is 4.75. The SMILES string of the molecule is CC1C2=c3c(cccc3=NC2)C2C3=CC=CCC3=CNC12. The molecule has 0 aromatic heterocycles. The molecule has 2 aliphatic heterocycles. The number of allylic oxidation sites excluding steroid dienone is 4. The highest BCUT2D eigenvalue weighted by Gasteiger charge is 2.40. The average Bonchev–Trinajstić information content (AvgIpc) is 2.97. The molecule has 0 fully saturated rings. The number of nitrogens with one attached hydrogen (secondary N) is 1. The molecule has 2 aliphatic carbocycles. The monoisotopic (exact) mass is 274 g/mol. The number of benzene rings is 1. The van der Waals surface area contributed by atoms with Crippen LogP contribution in [0.4, 0.5) is 0 Å². The number of hydrogen-bond donors (Lipinski definition) is 1. The molecule has 0 saturated carbocycles. The maximum Gasteiger partial charge on any atom is 0.0653 e. The Kier molecular flexibility index (Phi) is 2.19. The molecule has 1 N–H and O–H groups in total. The predicted molar refractivity (Wildman–Crippen MR) is 84.2 cm³/mol. The quantitative estimate of drug-likeness (QED) is 0.768. The van der Waals surface area contributed by atoms with Crippen LogP contribution < -0.4 is 15.9 Å². The van der Waals surface area contributed by atoms with Gasteiger partial charge >= 0.3 is 0 Å². The Balaban J connectivity index is 1.84. The Morgan fingerprint density at radius 2 is 2.24 bits per heavy atom. The van der Waals surface area contributed by atoms with E-state index in [1.165, 1.54) is 32.9 Å². The minimum absolute atomic E-state index is 0.469. The van der Waals surface area contributed by atoms with Crippen LogP contribution in [0.15, 0.2) is 58.8 Å². The Morgan fingerprint density at radius 1 is 1.29 bits per heavy atom. The van der Waals surface area contributed by atoms with Crippen molar-refractivity contribution in [2.45, 2.75) is 25.3 Å². The highest BCUT2D eigenvalue weighted by molar-refractivity contribution is 5.62. The van der Waals surface area contributed by atoms with Gasteiger partial charge in [0.1, 0.15) is 0 Å². The molecule has 5 rings (SSSR count). The van der Waals surface area contributed by atoms with Crippen molar-refractivity contribution < 1.29 is 0 Å². The molecular weight excluding hydrogens is 256 g/mol. The lowest BCUT2D eigenvalue weighted by atomic mass is 9.68. The first-order valence-corrected chi connectivity index (χ1v) is 7.83. The van der Waals surface area contributed by atoms with Crippen molar-refractivity contribution in [2.75, 3.05) is 6.54 Å². The summed E-state index contributed by atoms with van der Waals surface area (Å²) in [6.07, 6.45) is 10.1. The van der Waals surface area contributed by atoms with E-state index in [0.717, 1.165) is 13.0 Å². The molecule has 0 bridgehead atoms. The summed E-state index contributed by atoms with van der Waals surface area (Å²) in [6.45, 7) is 3.24. The van der Waals surface area contributed by atoms with Crippen molar-refractivity contribution in [3.63, 3.8) is 0 Å². The highest BCUT2D eigenvalue weighted by atomic mass is 14.9. The normalized spacial score (nSPS) is 31.3. The van der Waals surface area contributed by atoms with E-state index in [1.807, 2.05) is 0 Å². The molecule has 4 aliphatic rings. The van der Waals surface area contributed by atoms with E-state index in [-0.39, 0.29) is 0 Å². The van der Waals surface area contributed by atoms with Crippen molar-refractivity contribution >= 4 is 5.57 Å². The Hall–Kier alpha value is -2.09. The van der Waals surface area contributed by atoms with Gasteiger partial charge in [-0.15, -0.1) is 0 Å². The fourth-order valence-corrected chi connectivity index (χ4v) is 4.45. The minimum atomic E-state index is 0.469. The third-order valence-corrected chi connectivity index (χ3v) is 5.50. The van der Waals surface area contributed by atoms with Gasteiger partial charge in [-0.1, -0.05) is 37.3 Å². The van der Waals surface area contributed by atoms with E-state index < -0.39 is 0 Å². The van der Waals surface area contributed by atoms with Gasteiger partial charge in [-0.3, -0.25) is 4.99 Å². The third-order valence-electron chi connectivity index (χ3n) is 5.50. The molecule has 3 unspecified atom stereocenters. The molecule has 0 saturated heterocycles. The zero-order chi connectivity index (χ0) is 14.0. The van der Waals surface area contributed by atoms with Crippen LogP contribution >= 0.6 is 0 Å². The Bertz CT molecular complexity index is 854. The second-order valence-electron chi connectivity index (χ2n) is 6.47. The first-order chi connectivity index (χ1) is 10.3. The summed E-state index contributed by atoms with van der Waals surface area (Å²) in [7, 11) is 0. The van der Waals surface area contributed by atoms with E-state index >= 15 is 0 Å². The van der Waals surface area contributed by atoms with Crippen LogP contribution in [-0.2, 0) is 0 Å². The minimum Gasteiger partial charge on any atom is -0.386 e. The zero-order valence-corrected chi connectivity index (χ0v) is 12.1. The molecule has 21 heavy (non-hydrogen) atoms. The molecule has 3 atom stereocenters. The summed E-state index contributed by atoms with van der Waals surface area (Å²) in [5.74, 6) is 1.01. The summed E-state index contributed by atoms with van der Waals surface area (Å²) in [5, 5.41) is 6.35. The second kappa shape index (κ2) is 3.97. The van der Waals surface area contributed by atoms with E-state index in [0.29, 0.717) is 17.9 Å². The molecule has 0 spiro atoms. The van der Waals surface area contributed by atoms with E-state index in [4.69, 9.17) is 4.99 Å². The van der Waals surface area contributed by atoms with Crippen LogP contribution in [0.1, 0.15) is 24.8 Å². The molecule has 1 aromatic rings. The average molecular weight is 274 g/mol. The summed E-state index contributed by atoms with van der Waals surface area (Å²) in [5.41, 5.74) is 5.96. The van der Waals surface area contributed by atoms with Gasteiger partial charge in [0.2, 0.25) is 0 Å². The molecule has 104 valence electrons. The molecule has 0 amide bonds. The molecule has 2 heteroatoms. The summed E-state index contributed by atoms with van der Waals surface area (Å²) < 4.78 is 0. The molecular formula is C19H18N2. The molecule has 0 radical (unpaired) electrons. The van der Waals surface area contributed by atoms with Crippen LogP contribution in [-0.4, -0.2) is 12.6 Å². The van der Waals surface area contributed by atoms with Gasteiger partial charge in [0, 0.05) is 29.3 Å². The van der Waals surface area contributed by atoms with Gasteiger partial charge in [0.15, 0.2) is 0 Å². The lowest BCUT2D eigenvalue weighted by Crippen LogP contribution is -2.49. The summed E-state index contributed by atoms with van der Waals surface area (Å²) >= 11 is 0. The smallest absolute Gasteiger partial charge is 0.0653 e. The van der Waals surface area contributed by atoms with Crippen molar-refractivity contribution in [1.29, 1.82) is 0 Å². The van der Waals surface area contributed by atoms with Crippen LogP contribution in [0.5, 0.6) is 0 Å². The van der Waals surface area contributed by atoms with Crippen LogP contribution in [0, 0.1) is 5.92 Å². The Labute approximate surface area is 124 Å². The number of hydrogen-bond acceptors (Lipinski definition) is 2. The van der Waals surface area contributed by atoms with Crippen LogP contribution in [0.3, 0.4) is 0 Å². The Morgan fingerprint density at radius 3 is 3.19 bits per heavy atom. The van der Waals surface area contributed by atoms with Crippen LogP contribution in [0.2, 0.25) is 0 Å². The van der Waals surface area contributed by atoms with E-state index in [1.54, 1.807) is 0 Å². The molecule has 1 aromatic carbocycles. The van der Waals surface area contributed by atoms with Crippen molar-refractivity contribution in [3.8, 4) is 0 Å². The first-order valence-electron chi connectivity index (χ1n) is 7.83. The largest absolute Gasteiger partial charge is 0.386 e. The summed E-state index contributed by atoms with van der Waals surface area (Å²) in [4.78, 5) is 4.75. The fourth-order valence-electron chi connectivity index (χ4n) is 4.45. The van der Waals surface area contributed by atoms with Gasteiger partial charge in [-0.25, -0.2) is 0 Å². The standard InChI is InChI=1S/C19H18N2/c1-11-15-10-20-16-8-4-7-14(17(15)16)18-13-6-3-2-5-12(13)9-21-19(11)18/h2-4,6-9,11,18-19,21H,5,10H2,1H3. The van der Waals surface area contributed by atoms with Crippen molar-refractivity contribution in [1.82, 2.24) is 5.32 Å². The van der Waals surface area contributed by atoms with Gasteiger partial charge in [0.05, 0.1) is 11.9 Å². The fraction of sp³-hybridized carbons (Fsp3) is 0.316. The zero-order valence-electron chi connectivity index (χ0n) is 12.1. The maximum absolute atomic E-state index is 4.75. The van der Waals surface area contributed by atoms with Gasteiger partial charge in [0.25, 0.3) is 0 Å². The number of rotatable bonds is 0. The predicted octanol–water partition coefficient (Wildman–Crippen LogP) is 1.95. The van der Waals surface area contributed by atoms with E-state index in [9.17, 15) is 0 Å². The van der Waals surface area contributed by atoms with Gasteiger partial charge in [-0.05, 0) is 34.8 Å². The number of nitrogens with zero attached hydrogens (tertiary/aromatic N) is 1. The summed E-state index contributed by atoms with van der Waals surface area (Å²) in [6, 6.07) is 7.12. The first kappa shape index (κ1) is 11.6. The lowest BCUT2D eigenvalue weighted by Gasteiger charge is -2.42. The lowest BCUT2D eigenvalue weighted by molar-refractivity contribution is 0.412. The van der Waals surface area contributed by atoms with Gasteiger partial charge in [-0.2, -0.15) is 0 Å². The van der Waals surface area contributed by atoms with Crippen LogP contribution in [0.25, 0.3) is 5.57 Å². The van der Waals surface area contributed by atoms with Crippen molar-refractivity contribution in [2.24, 2.45) is 10.9 Å². The van der Waals surface area contributed by atoms with Gasteiger partial charge < -0.3 is 5.32 Å². The molecule has 2 nitrogen and oxygen atoms in total. The van der Waals surface area contributed by atoms with E-state index in [2.05, 4.69) is 54.9 Å². The number of fused-ring (bicyclic) bond motifs is 4. The topological polar surface area (TPSA) is 24.4 Å². The van der Waals surface area contributed by atoms with Crippen molar-refractivity contribution in [3.05, 3.63) is 69.9 Å². The highest BCUT2D eigenvalue weighted by Crippen LogP contribution is 2.43.